The van der Waals surface area contributed by atoms with Gasteiger partial charge in [0, 0.05) is 0 Å². The first-order valence-electron chi connectivity index (χ1n) is 5.47. The van der Waals surface area contributed by atoms with Crippen LogP contribution >= 0.6 is 11.3 Å². The summed E-state index contributed by atoms with van der Waals surface area (Å²) in [6, 6.07) is 10.2. The minimum atomic E-state index is 0.713. The summed E-state index contributed by atoms with van der Waals surface area (Å²) in [5.41, 5.74) is 4.04. The van der Waals surface area contributed by atoms with Gasteiger partial charge in [0.25, 0.3) is 0 Å². The van der Waals surface area contributed by atoms with Crippen molar-refractivity contribution < 1.29 is 4.74 Å². The number of rotatable bonds is 5. The Hall–Kier alpha value is -1.35. The molecule has 0 saturated carbocycles. The van der Waals surface area contributed by atoms with Crippen molar-refractivity contribution in [2.45, 2.75) is 19.8 Å². The monoisotopic (exact) mass is 232 g/mol. The van der Waals surface area contributed by atoms with E-state index >= 15 is 0 Å². The molecule has 0 atom stereocenters. The third-order valence-corrected chi connectivity index (χ3v) is 3.06. The molecule has 1 radical (unpaired) electrons. The van der Waals surface area contributed by atoms with Crippen molar-refractivity contribution in [3.63, 3.8) is 0 Å². The summed E-state index contributed by atoms with van der Waals surface area (Å²) in [7, 11) is 0. The number of hydrogen-bond acceptors (Lipinski definition) is 3. The Kier molecular flexibility index (Phi) is 3.94. The molecule has 0 saturated heterocycles. The fraction of sp³-hybridized carbons (Fsp3) is 0.308. The second-order valence-corrected chi connectivity index (χ2v) is 4.30. The molecule has 3 heteroatoms. The first-order chi connectivity index (χ1) is 7.92. The second kappa shape index (κ2) is 5.66. The predicted octanol–water partition coefficient (Wildman–Crippen LogP) is 3.79. The molecule has 16 heavy (non-hydrogen) atoms. The van der Waals surface area contributed by atoms with Gasteiger partial charge >= 0.3 is 0 Å². The van der Waals surface area contributed by atoms with E-state index < -0.39 is 0 Å². The second-order valence-electron chi connectivity index (χ2n) is 3.51. The summed E-state index contributed by atoms with van der Waals surface area (Å²) in [6.45, 7) is 2.88. The highest BCUT2D eigenvalue weighted by atomic mass is 32.1. The molecule has 1 heterocycles. The molecular formula is C13H14NOS. The molecule has 0 amide bonds. The van der Waals surface area contributed by atoms with E-state index in [4.69, 9.17) is 4.74 Å². The number of ether oxygens (including phenoxy) is 1. The molecule has 83 valence electrons. The SMILES string of the molecule is CCCCOc1n[c]sc1-c1ccccc1. The summed E-state index contributed by atoms with van der Waals surface area (Å²) >= 11 is 1.50. The molecule has 0 aliphatic heterocycles. The van der Waals surface area contributed by atoms with Crippen LogP contribution in [0.5, 0.6) is 5.88 Å². The van der Waals surface area contributed by atoms with Crippen LogP contribution in [-0.4, -0.2) is 11.6 Å². The van der Waals surface area contributed by atoms with Gasteiger partial charge < -0.3 is 4.74 Å². The average Bonchev–Trinajstić information content (AvgIpc) is 2.79. The van der Waals surface area contributed by atoms with Gasteiger partial charge in [0.1, 0.15) is 0 Å². The molecule has 0 aliphatic carbocycles. The molecule has 1 aromatic heterocycles. The maximum atomic E-state index is 5.64. The molecule has 2 nitrogen and oxygen atoms in total. The van der Waals surface area contributed by atoms with Crippen LogP contribution in [0.1, 0.15) is 19.8 Å². The zero-order chi connectivity index (χ0) is 11.2. The van der Waals surface area contributed by atoms with Gasteiger partial charge in [-0.3, -0.25) is 0 Å². The van der Waals surface area contributed by atoms with Crippen molar-refractivity contribution in [2.75, 3.05) is 6.61 Å². The Bertz CT molecular complexity index is 425. The minimum Gasteiger partial charge on any atom is -0.477 e. The van der Waals surface area contributed by atoms with Crippen LogP contribution in [0.2, 0.25) is 0 Å². The largest absolute Gasteiger partial charge is 0.477 e. The highest BCUT2D eigenvalue weighted by Crippen LogP contribution is 2.32. The van der Waals surface area contributed by atoms with Crippen LogP contribution < -0.4 is 4.74 Å². The van der Waals surface area contributed by atoms with Crippen molar-refractivity contribution in [1.29, 1.82) is 0 Å². The number of benzene rings is 1. The van der Waals surface area contributed by atoms with E-state index in [0.717, 1.165) is 29.9 Å². The fourth-order valence-corrected chi connectivity index (χ4v) is 2.05. The van der Waals surface area contributed by atoms with Crippen molar-refractivity contribution in [3.05, 3.63) is 35.8 Å². The van der Waals surface area contributed by atoms with Gasteiger partial charge in [-0.25, -0.2) is 0 Å². The van der Waals surface area contributed by atoms with Crippen molar-refractivity contribution in [2.24, 2.45) is 0 Å². The molecule has 0 fully saturated rings. The van der Waals surface area contributed by atoms with Gasteiger partial charge in [-0.2, -0.15) is 4.98 Å². The van der Waals surface area contributed by atoms with Crippen LogP contribution in [0.25, 0.3) is 10.4 Å². The van der Waals surface area contributed by atoms with Crippen LogP contribution in [0.3, 0.4) is 0 Å². The molecular weight excluding hydrogens is 218 g/mol. The normalized spacial score (nSPS) is 10.3. The number of nitrogens with zero attached hydrogens (tertiary/aromatic N) is 1. The van der Waals surface area contributed by atoms with Gasteiger partial charge in [-0.05, 0) is 12.0 Å². The Balaban J connectivity index is 2.13. The Morgan fingerprint density at radius 3 is 2.88 bits per heavy atom. The van der Waals surface area contributed by atoms with E-state index in [2.05, 4.69) is 29.6 Å². The minimum absolute atomic E-state index is 0.713. The molecule has 2 aromatic rings. The molecule has 2 rings (SSSR count). The number of aromatic nitrogens is 1. The van der Waals surface area contributed by atoms with Gasteiger partial charge in [0.15, 0.2) is 5.51 Å². The van der Waals surface area contributed by atoms with Gasteiger partial charge in [0.2, 0.25) is 5.88 Å². The van der Waals surface area contributed by atoms with Crippen molar-refractivity contribution >= 4 is 11.3 Å². The molecule has 0 N–H and O–H groups in total. The van der Waals surface area contributed by atoms with E-state index in [1.54, 1.807) is 0 Å². The molecule has 0 aliphatic rings. The van der Waals surface area contributed by atoms with Crippen LogP contribution in [0.4, 0.5) is 0 Å². The molecule has 1 aromatic carbocycles. The number of thiazole rings is 1. The highest BCUT2D eigenvalue weighted by Gasteiger charge is 2.09. The summed E-state index contributed by atoms with van der Waals surface area (Å²) in [4.78, 5) is 5.20. The fourth-order valence-electron chi connectivity index (χ4n) is 1.39. The van der Waals surface area contributed by atoms with E-state index in [-0.39, 0.29) is 0 Å². The van der Waals surface area contributed by atoms with E-state index in [1.165, 1.54) is 11.3 Å². The van der Waals surface area contributed by atoms with Gasteiger partial charge in [0.05, 0.1) is 11.5 Å². The van der Waals surface area contributed by atoms with Crippen LogP contribution in [0, 0.1) is 5.51 Å². The zero-order valence-electron chi connectivity index (χ0n) is 9.27. The average molecular weight is 232 g/mol. The zero-order valence-corrected chi connectivity index (χ0v) is 10.1. The smallest absolute Gasteiger partial charge is 0.233 e. The topological polar surface area (TPSA) is 22.1 Å². The highest BCUT2D eigenvalue weighted by molar-refractivity contribution is 7.13. The Morgan fingerprint density at radius 2 is 2.12 bits per heavy atom. The lowest BCUT2D eigenvalue weighted by atomic mass is 10.2. The van der Waals surface area contributed by atoms with Crippen LogP contribution in [0.15, 0.2) is 30.3 Å². The first-order valence-corrected chi connectivity index (χ1v) is 6.28. The molecule has 0 unspecified atom stereocenters. The predicted molar refractivity (Wildman–Crippen MR) is 66.8 cm³/mol. The summed E-state index contributed by atoms with van der Waals surface area (Å²) in [6.07, 6.45) is 2.19. The molecule has 0 spiro atoms. The van der Waals surface area contributed by atoms with E-state index in [0.29, 0.717) is 5.88 Å². The van der Waals surface area contributed by atoms with Gasteiger partial charge in [-0.15, -0.1) is 11.3 Å². The lowest BCUT2D eigenvalue weighted by Crippen LogP contribution is -1.97. The maximum absolute atomic E-state index is 5.64. The van der Waals surface area contributed by atoms with Crippen LogP contribution in [-0.2, 0) is 0 Å². The standard InChI is InChI=1S/C13H14NOS/c1-2-3-9-15-13-12(16-10-14-13)11-7-5-4-6-8-11/h4-8H,2-3,9H2,1H3. The summed E-state index contributed by atoms with van der Waals surface area (Å²) < 4.78 is 5.64. The maximum Gasteiger partial charge on any atom is 0.233 e. The Labute approximate surface area is 99.9 Å². The van der Waals surface area contributed by atoms with E-state index in [1.807, 2.05) is 18.2 Å². The third kappa shape index (κ3) is 2.61. The van der Waals surface area contributed by atoms with Gasteiger partial charge in [-0.1, -0.05) is 43.7 Å². The number of unbranched alkanes of at least 4 members (excludes halogenated alkanes) is 1. The lowest BCUT2D eigenvalue weighted by molar-refractivity contribution is 0.300. The quantitative estimate of drug-likeness (QED) is 0.732. The molecule has 0 bridgehead atoms. The van der Waals surface area contributed by atoms with Crippen molar-refractivity contribution in [1.82, 2.24) is 4.98 Å². The number of hydrogen-bond donors (Lipinski definition) is 0. The first kappa shape index (κ1) is 11.1. The summed E-state index contributed by atoms with van der Waals surface area (Å²) in [5, 5.41) is 0. The van der Waals surface area contributed by atoms with E-state index in [9.17, 15) is 0 Å². The third-order valence-electron chi connectivity index (χ3n) is 2.26. The Morgan fingerprint density at radius 1 is 1.31 bits per heavy atom. The lowest BCUT2D eigenvalue weighted by Gasteiger charge is -2.04. The summed E-state index contributed by atoms with van der Waals surface area (Å²) in [5.74, 6) is 0.713. The van der Waals surface area contributed by atoms with Crippen molar-refractivity contribution in [3.8, 4) is 16.3 Å².